The first-order valence-electron chi connectivity index (χ1n) is 12.1. The standard InChI is InChI=1S/C30H30N2O4/c1-20(21-10-4-3-5-11-21)31-28(33)16-17-29(34)32-27(30(35)36-2)19-26-24-14-8-6-12-22(24)18-23-13-7-9-15-25(23)26/h3-15,18,20,27H,16-17,19H2,1-2H3,(H,31,33)(H,32,34)/t20-,27-/m1/s1. The van der Waals surface area contributed by atoms with Gasteiger partial charge in [-0.25, -0.2) is 4.79 Å². The Balaban J connectivity index is 1.46. The summed E-state index contributed by atoms with van der Waals surface area (Å²) in [6.07, 6.45) is 0.267. The Morgan fingerprint density at radius 2 is 1.28 bits per heavy atom. The van der Waals surface area contributed by atoms with Crippen molar-refractivity contribution < 1.29 is 19.1 Å². The van der Waals surface area contributed by atoms with Crippen LogP contribution in [0.5, 0.6) is 0 Å². The number of carbonyl (C=O) groups is 3. The van der Waals surface area contributed by atoms with Gasteiger partial charge in [0.25, 0.3) is 0 Å². The smallest absolute Gasteiger partial charge is 0.328 e. The number of benzene rings is 4. The van der Waals surface area contributed by atoms with Gasteiger partial charge in [-0.2, -0.15) is 0 Å². The molecule has 0 fully saturated rings. The fourth-order valence-electron chi connectivity index (χ4n) is 4.50. The van der Waals surface area contributed by atoms with Gasteiger partial charge in [0, 0.05) is 19.3 Å². The van der Waals surface area contributed by atoms with Crippen LogP contribution in [0.25, 0.3) is 21.5 Å². The minimum atomic E-state index is -0.872. The Hall–Kier alpha value is -4.19. The summed E-state index contributed by atoms with van der Waals surface area (Å²) in [7, 11) is 1.31. The van der Waals surface area contributed by atoms with Crippen LogP contribution < -0.4 is 10.6 Å². The summed E-state index contributed by atoms with van der Waals surface area (Å²) in [6.45, 7) is 1.90. The van der Waals surface area contributed by atoms with Crippen LogP contribution in [-0.2, 0) is 25.5 Å². The molecule has 0 aromatic heterocycles. The molecular formula is C30H30N2O4. The maximum Gasteiger partial charge on any atom is 0.328 e. The number of hydrogen-bond donors (Lipinski definition) is 2. The van der Waals surface area contributed by atoms with Crippen molar-refractivity contribution in [3.8, 4) is 0 Å². The minimum absolute atomic E-state index is 0.0219. The average molecular weight is 483 g/mol. The van der Waals surface area contributed by atoms with E-state index in [0.717, 1.165) is 32.7 Å². The number of methoxy groups -OCH3 is 1. The second-order valence-electron chi connectivity index (χ2n) is 8.84. The van der Waals surface area contributed by atoms with Gasteiger partial charge in [0.1, 0.15) is 6.04 Å². The molecule has 0 heterocycles. The average Bonchev–Trinajstić information content (AvgIpc) is 2.91. The van der Waals surface area contributed by atoms with E-state index in [0.29, 0.717) is 0 Å². The third-order valence-electron chi connectivity index (χ3n) is 6.37. The number of hydrogen-bond acceptors (Lipinski definition) is 4. The highest BCUT2D eigenvalue weighted by atomic mass is 16.5. The molecule has 4 aromatic rings. The zero-order valence-corrected chi connectivity index (χ0v) is 20.5. The topological polar surface area (TPSA) is 84.5 Å². The predicted octanol–water partition coefficient (Wildman–Crippen LogP) is 4.85. The zero-order chi connectivity index (χ0) is 25.5. The van der Waals surface area contributed by atoms with E-state index in [1.54, 1.807) is 0 Å². The molecule has 0 aliphatic rings. The van der Waals surface area contributed by atoms with Crippen molar-refractivity contribution in [3.05, 3.63) is 96.1 Å². The molecule has 0 spiro atoms. The second kappa shape index (κ2) is 11.5. The molecule has 36 heavy (non-hydrogen) atoms. The van der Waals surface area contributed by atoms with Crippen LogP contribution in [0.4, 0.5) is 0 Å². The zero-order valence-electron chi connectivity index (χ0n) is 20.5. The van der Waals surface area contributed by atoms with Crippen LogP contribution in [0.15, 0.2) is 84.9 Å². The summed E-state index contributed by atoms with van der Waals surface area (Å²) < 4.78 is 5.00. The van der Waals surface area contributed by atoms with Crippen molar-refractivity contribution >= 4 is 39.3 Å². The Bertz CT molecular complexity index is 1330. The predicted molar refractivity (Wildman–Crippen MR) is 141 cm³/mol. The first-order chi connectivity index (χ1) is 17.5. The van der Waals surface area contributed by atoms with E-state index in [1.807, 2.05) is 85.8 Å². The molecular weight excluding hydrogens is 452 g/mol. The summed E-state index contributed by atoms with van der Waals surface area (Å²) in [6, 6.07) is 26.7. The number of amides is 2. The molecule has 0 saturated heterocycles. The van der Waals surface area contributed by atoms with Crippen LogP contribution in [0.1, 0.15) is 36.9 Å². The maximum absolute atomic E-state index is 12.8. The summed E-state index contributed by atoms with van der Waals surface area (Å²) >= 11 is 0. The van der Waals surface area contributed by atoms with Gasteiger partial charge in [0.15, 0.2) is 0 Å². The lowest BCUT2D eigenvalue weighted by Crippen LogP contribution is -2.43. The molecule has 2 atom stereocenters. The van der Waals surface area contributed by atoms with E-state index in [-0.39, 0.29) is 37.1 Å². The molecule has 0 aliphatic heterocycles. The van der Waals surface area contributed by atoms with E-state index in [9.17, 15) is 14.4 Å². The summed E-state index contributed by atoms with van der Waals surface area (Å²) in [5.74, 6) is -1.13. The Kier molecular flexibility index (Phi) is 7.95. The molecule has 0 saturated carbocycles. The van der Waals surface area contributed by atoms with Gasteiger partial charge in [0.2, 0.25) is 11.8 Å². The van der Waals surface area contributed by atoms with Crippen molar-refractivity contribution in [2.24, 2.45) is 0 Å². The molecule has 4 aromatic carbocycles. The summed E-state index contributed by atoms with van der Waals surface area (Å²) in [5, 5.41) is 9.87. The van der Waals surface area contributed by atoms with Crippen LogP contribution in [-0.4, -0.2) is 30.9 Å². The molecule has 2 amide bonds. The number of carbonyl (C=O) groups excluding carboxylic acids is 3. The van der Waals surface area contributed by atoms with Crippen molar-refractivity contribution in [1.82, 2.24) is 10.6 Å². The van der Waals surface area contributed by atoms with Gasteiger partial charge < -0.3 is 15.4 Å². The highest BCUT2D eigenvalue weighted by Gasteiger charge is 2.24. The Morgan fingerprint density at radius 1 is 0.750 bits per heavy atom. The molecule has 0 unspecified atom stereocenters. The summed E-state index contributed by atoms with van der Waals surface area (Å²) in [4.78, 5) is 37.8. The number of ether oxygens (including phenoxy) is 1. The van der Waals surface area contributed by atoms with Crippen LogP contribution in [0, 0.1) is 0 Å². The number of nitrogens with one attached hydrogen (secondary N) is 2. The molecule has 0 aliphatic carbocycles. The Morgan fingerprint density at radius 3 is 1.86 bits per heavy atom. The lowest BCUT2D eigenvalue weighted by atomic mass is 9.92. The van der Waals surface area contributed by atoms with Gasteiger partial charge >= 0.3 is 5.97 Å². The highest BCUT2D eigenvalue weighted by molar-refractivity contribution is 6.02. The highest BCUT2D eigenvalue weighted by Crippen LogP contribution is 2.29. The van der Waals surface area contributed by atoms with Crippen LogP contribution in [0.2, 0.25) is 0 Å². The van der Waals surface area contributed by atoms with Crippen molar-refractivity contribution in [3.63, 3.8) is 0 Å². The third kappa shape index (κ3) is 5.89. The lowest BCUT2D eigenvalue weighted by molar-refractivity contribution is -0.145. The van der Waals surface area contributed by atoms with Gasteiger partial charge in [-0.15, -0.1) is 0 Å². The second-order valence-corrected chi connectivity index (χ2v) is 8.84. The fraction of sp³-hybridized carbons (Fsp3) is 0.233. The quantitative estimate of drug-likeness (QED) is 0.264. The molecule has 0 radical (unpaired) electrons. The summed E-state index contributed by atoms with van der Waals surface area (Å²) in [5.41, 5.74) is 1.96. The van der Waals surface area contributed by atoms with E-state index < -0.39 is 12.0 Å². The molecule has 6 heteroatoms. The van der Waals surface area contributed by atoms with Gasteiger partial charge in [-0.3, -0.25) is 9.59 Å². The third-order valence-corrected chi connectivity index (χ3v) is 6.37. The van der Waals surface area contributed by atoms with Gasteiger partial charge in [0.05, 0.1) is 13.2 Å². The van der Waals surface area contributed by atoms with Crippen molar-refractivity contribution in [1.29, 1.82) is 0 Å². The van der Waals surface area contributed by atoms with E-state index in [2.05, 4.69) is 16.7 Å². The first-order valence-corrected chi connectivity index (χ1v) is 12.1. The molecule has 184 valence electrons. The van der Waals surface area contributed by atoms with Crippen LogP contribution in [0.3, 0.4) is 0 Å². The van der Waals surface area contributed by atoms with Crippen molar-refractivity contribution in [2.75, 3.05) is 7.11 Å². The molecule has 6 nitrogen and oxygen atoms in total. The van der Waals surface area contributed by atoms with E-state index in [4.69, 9.17) is 4.74 Å². The number of esters is 1. The fourth-order valence-corrected chi connectivity index (χ4v) is 4.50. The Labute approximate surface area is 210 Å². The molecule has 4 rings (SSSR count). The van der Waals surface area contributed by atoms with E-state index >= 15 is 0 Å². The first kappa shape index (κ1) is 24.9. The van der Waals surface area contributed by atoms with Gasteiger partial charge in [-0.1, -0.05) is 78.9 Å². The van der Waals surface area contributed by atoms with Gasteiger partial charge in [-0.05, 0) is 45.7 Å². The monoisotopic (exact) mass is 482 g/mol. The van der Waals surface area contributed by atoms with Crippen molar-refractivity contribution in [2.45, 2.75) is 38.3 Å². The number of rotatable bonds is 9. The largest absolute Gasteiger partial charge is 0.467 e. The SMILES string of the molecule is COC(=O)[C@@H](Cc1c2ccccc2cc2ccccc12)NC(=O)CCC(=O)N[C@H](C)c1ccccc1. The molecule has 0 bridgehead atoms. The number of fused-ring (bicyclic) bond motifs is 2. The van der Waals surface area contributed by atoms with Crippen LogP contribution >= 0.6 is 0 Å². The lowest BCUT2D eigenvalue weighted by Gasteiger charge is -2.19. The van der Waals surface area contributed by atoms with E-state index in [1.165, 1.54) is 7.11 Å². The molecule has 2 N–H and O–H groups in total. The maximum atomic E-state index is 12.8. The normalized spacial score (nSPS) is 12.6. The minimum Gasteiger partial charge on any atom is -0.467 e.